The largest absolute Gasteiger partial charge is 0.618 e. The molecule has 5 nitrogen and oxygen atoms in total. The molecule has 0 amide bonds. The number of aromatic nitrogens is 1. The Kier molecular flexibility index (Phi) is 2.16. The van der Waals surface area contributed by atoms with Gasteiger partial charge in [0.25, 0.3) is 0 Å². The highest BCUT2D eigenvalue weighted by molar-refractivity contribution is 5.91. The van der Waals surface area contributed by atoms with Gasteiger partial charge in [-0.15, -0.1) is 0 Å². The maximum absolute atomic E-state index is 12.2. The molecule has 0 aromatic carbocycles. The molecule has 17 heavy (non-hydrogen) atoms. The first-order chi connectivity index (χ1) is 8.16. The monoisotopic (exact) mass is 232 g/mol. The minimum absolute atomic E-state index is 0.149. The highest BCUT2D eigenvalue weighted by Gasteiger charge is 2.37. The Labute approximate surface area is 97.9 Å². The predicted molar refractivity (Wildman–Crippen MR) is 60.7 cm³/mol. The van der Waals surface area contributed by atoms with E-state index in [9.17, 15) is 15.1 Å². The average Bonchev–Trinajstić information content (AvgIpc) is 2.72. The molecule has 1 aromatic rings. The summed E-state index contributed by atoms with van der Waals surface area (Å²) in [5.74, 6) is -0.689. The average molecular weight is 232 g/mol. The second kappa shape index (κ2) is 3.56. The third kappa shape index (κ3) is 1.51. The van der Waals surface area contributed by atoms with Crippen LogP contribution in [0.4, 0.5) is 0 Å². The van der Waals surface area contributed by atoms with Crippen LogP contribution in [-0.2, 0) is 0 Å². The second-order valence-electron chi connectivity index (χ2n) is 4.40. The summed E-state index contributed by atoms with van der Waals surface area (Å²) in [5.41, 5.74) is 1.03. The van der Waals surface area contributed by atoms with E-state index < -0.39 is 12.0 Å². The smallest absolute Gasteiger partial charge is 0.245 e. The maximum Gasteiger partial charge on any atom is 0.245 e. The number of carbonyl (C=O) groups excluding carboxylic acids is 1. The van der Waals surface area contributed by atoms with Crippen molar-refractivity contribution in [3.63, 3.8) is 0 Å². The number of allylic oxidation sites excluding steroid dienone is 1. The molecule has 0 saturated carbocycles. The van der Waals surface area contributed by atoms with Crippen LogP contribution in [0.3, 0.4) is 0 Å². The van der Waals surface area contributed by atoms with E-state index in [-0.39, 0.29) is 5.91 Å². The number of hydroxylamine groups is 1. The van der Waals surface area contributed by atoms with Gasteiger partial charge in [-0.05, 0) is 31.1 Å². The number of hydrogen-bond donors (Lipinski definition) is 1. The normalized spacial score (nSPS) is 27.7. The van der Waals surface area contributed by atoms with Crippen molar-refractivity contribution in [2.75, 3.05) is 0 Å². The third-order valence-corrected chi connectivity index (χ3v) is 3.28. The zero-order valence-corrected chi connectivity index (χ0v) is 9.11. The van der Waals surface area contributed by atoms with Gasteiger partial charge < -0.3 is 10.3 Å². The minimum Gasteiger partial charge on any atom is -0.618 e. The number of aliphatic hydroxyl groups is 1. The Morgan fingerprint density at radius 2 is 2.35 bits per heavy atom. The quantitative estimate of drug-likeness (QED) is 0.529. The molecule has 3 rings (SSSR count). The number of hydrogen-bond acceptors (Lipinski definition) is 3. The lowest BCUT2D eigenvalue weighted by Gasteiger charge is -2.22. The molecule has 1 aromatic heterocycles. The van der Waals surface area contributed by atoms with Gasteiger partial charge in [-0.3, -0.25) is 9.36 Å². The van der Waals surface area contributed by atoms with E-state index >= 15 is 0 Å². The van der Waals surface area contributed by atoms with Crippen LogP contribution in [0.25, 0.3) is 0 Å². The van der Waals surface area contributed by atoms with Crippen LogP contribution in [0.5, 0.6) is 0 Å². The van der Waals surface area contributed by atoms with E-state index in [0.717, 1.165) is 4.74 Å². The first-order valence-electron chi connectivity index (χ1n) is 5.58. The van der Waals surface area contributed by atoms with Crippen LogP contribution in [0.1, 0.15) is 23.3 Å². The molecular weight excluding hydrogens is 220 g/mol. The van der Waals surface area contributed by atoms with Gasteiger partial charge in [0.2, 0.25) is 17.8 Å². The standard InChI is InChI=1S/C12H12N2O3/c15-9-3-4-11-10(6-9)12(16)13-5-1-2-8(13)7-14(11)17/h1-2,4-5,7,9-10,15H,3,6H2/t9-,10-/m1/s1. The summed E-state index contributed by atoms with van der Waals surface area (Å²) in [5, 5.41) is 21.5. The van der Waals surface area contributed by atoms with Gasteiger partial charge in [0.15, 0.2) is 0 Å². The number of fused-ring (bicyclic) bond motifs is 2. The fraction of sp³-hybridized carbons (Fsp3) is 0.333. The number of nitrogens with zero attached hydrogens (tertiary/aromatic N) is 2. The lowest BCUT2D eigenvalue weighted by atomic mass is 9.89. The summed E-state index contributed by atoms with van der Waals surface area (Å²) in [4.78, 5) is 12.2. The number of carbonyl (C=O) groups is 1. The number of aliphatic hydroxyl groups excluding tert-OH is 1. The van der Waals surface area contributed by atoms with Crippen molar-refractivity contribution in [1.29, 1.82) is 0 Å². The Morgan fingerprint density at radius 3 is 3.18 bits per heavy atom. The predicted octanol–water partition coefficient (Wildman–Crippen LogP) is 0.726. The Morgan fingerprint density at radius 1 is 1.53 bits per heavy atom. The van der Waals surface area contributed by atoms with Gasteiger partial charge in [-0.1, -0.05) is 0 Å². The molecule has 0 fully saturated rings. The van der Waals surface area contributed by atoms with Crippen molar-refractivity contribution in [2.45, 2.75) is 18.9 Å². The van der Waals surface area contributed by atoms with Crippen molar-refractivity contribution >= 4 is 12.1 Å². The summed E-state index contributed by atoms with van der Waals surface area (Å²) in [7, 11) is 0. The van der Waals surface area contributed by atoms with E-state index in [4.69, 9.17) is 0 Å². The molecule has 0 saturated heterocycles. The van der Waals surface area contributed by atoms with Crippen molar-refractivity contribution < 1.29 is 14.6 Å². The van der Waals surface area contributed by atoms with Gasteiger partial charge >= 0.3 is 0 Å². The van der Waals surface area contributed by atoms with Gasteiger partial charge in [0.1, 0.15) is 11.6 Å². The summed E-state index contributed by atoms with van der Waals surface area (Å²) >= 11 is 0. The molecule has 0 spiro atoms. The lowest BCUT2D eigenvalue weighted by Crippen LogP contribution is -2.31. The molecule has 2 heterocycles. The summed E-state index contributed by atoms with van der Waals surface area (Å²) in [6.07, 6.45) is 4.91. The highest BCUT2D eigenvalue weighted by atomic mass is 16.5. The molecular formula is C12H12N2O3. The first-order valence-corrected chi connectivity index (χ1v) is 5.58. The third-order valence-electron chi connectivity index (χ3n) is 3.28. The van der Waals surface area contributed by atoms with E-state index in [1.165, 1.54) is 10.8 Å². The molecule has 2 atom stereocenters. The fourth-order valence-corrected chi connectivity index (χ4v) is 2.42. The highest BCUT2D eigenvalue weighted by Crippen LogP contribution is 2.29. The Balaban J connectivity index is 2.15. The van der Waals surface area contributed by atoms with Gasteiger partial charge in [0.05, 0.1) is 6.10 Å². The Hall–Kier alpha value is -1.88. The molecule has 1 N–H and O–H groups in total. The van der Waals surface area contributed by atoms with Crippen LogP contribution in [0, 0.1) is 11.1 Å². The molecule has 1 aliphatic heterocycles. The first kappa shape index (κ1) is 10.3. The van der Waals surface area contributed by atoms with Crippen LogP contribution in [0.2, 0.25) is 0 Å². The Bertz CT molecular complexity index is 542. The lowest BCUT2D eigenvalue weighted by molar-refractivity contribution is -0.404. The molecule has 0 unspecified atom stereocenters. The molecule has 2 aliphatic rings. The SMILES string of the molecule is O=C1[C@@H]2C[C@H](O)CC=C2[N+]([O-])=Cc2cccn21. The van der Waals surface area contributed by atoms with Crippen molar-refractivity contribution in [2.24, 2.45) is 5.92 Å². The molecule has 0 bridgehead atoms. The van der Waals surface area contributed by atoms with E-state index in [1.807, 2.05) is 0 Å². The van der Waals surface area contributed by atoms with Crippen molar-refractivity contribution in [1.82, 2.24) is 4.57 Å². The maximum atomic E-state index is 12.2. The minimum atomic E-state index is -0.543. The number of rotatable bonds is 0. The van der Waals surface area contributed by atoms with Gasteiger partial charge in [-0.2, -0.15) is 4.74 Å². The van der Waals surface area contributed by atoms with Crippen LogP contribution >= 0.6 is 0 Å². The van der Waals surface area contributed by atoms with Crippen molar-refractivity contribution in [3.8, 4) is 0 Å². The van der Waals surface area contributed by atoms with Crippen LogP contribution < -0.4 is 0 Å². The van der Waals surface area contributed by atoms with E-state index in [1.54, 1.807) is 24.4 Å². The molecule has 0 radical (unpaired) electrons. The molecule has 5 heteroatoms. The second-order valence-corrected chi connectivity index (χ2v) is 4.40. The van der Waals surface area contributed by atoms with Crippen LogP contribution in [0.15, 0.2) is 30.1 Å². The zero-order chi connectivity index (χ0) is 12.0. The molecule has 88 valence electrons. The van der Waals surface area contributed by atoms with E-state index in [2.05, 4.69) is 0 Å². The van der Waals surface area contributed by atoms with Crippen LogP contribution in [-0.4, -0.2) is 32.6 Å². The van der Waals surface area contributed by atoms with Crippen molar-refractivity contribution in [3.05, 3.63) is 41.0 Å². The van der Waals surface area contributed by atoms with E-state index in [0.29, 0.717) is 24.2 Å². The summed E-state index contributed by atoms with van der Waals surface area (Å²) < 4.78 is 2.21. The summed E-state index contributed by atoms with van der Waals surface area (Å²) in [6, 6.07) is 3.45. The topological polar surface area (TPSA) is 68.3 Å². The summed E-state index contributed by atoms with van der Waals surface area (Å²) in [6.45, 7) is 0. The molecule has 1 aliphatic carbocycles. The van der Waals surface area contributed by atoms with Gasteiger partial charge in [-0.25, -0.2) is 0 Å². The zero-order valence-electron chi connectivity index (χ0n) is 9.11. The van der Waals surface area contributed by atoms with Gasteiger partial charge in [0, 0.05) is 6.20 Å². The fourth-order valence-electron chi connectivity index (χ4n) is 2.42.